The molecule has 0 saturated heterocycles. The fraction of sp³-hybridized carbons (Fsp3) is 0.143. The van der Waals surface area contributed by atoms with E-state index in [2.05, 4.69) is 19.8 Å². The number of nitrogens with zero attached hydrogens (tertiary/aromatic N) is 2. The Labute approximate surface area is 161 Å². The van der Waals surface area contributed by atoms with Crippen LogP contribution in [-0.4, -0.2) is 23.3 Å². The van der Waals surface area contributed by atoms with Crippen molar-refractivity contribution in [1.82, 2.24) is 9.99 Å². The summed E-state index contributed by atoms with van der Waals surface area (Å²) in [6, 6.07) is 17.2. The third kappa shape index (κ3) is 4.62. The highest BCUT2D eigenvalue weighted by Crippen LogP contribution is 2.17. The van der Waals surface area contributed by atoms with Crippen molar-refractivity contribution in [3.8, 4) is 11.4 Å². The monoisotopic (exact) mass is 383 g/mol. The van der Waals surface area contributed by atoms with Gasteiger partial charge in [-0.3, -0.25) is 4.79 Å². The van der Waals surface area contributed by atoms with Crippen molar-refractivity contribution < 1.29 is 18.3 Å². The Morgan fingerprint density at radius 1 is 1.00 bits per heavy atom. The fourth-order valence-electron chi connectivity index (χ4n) is 2.80. The minimum absolute atomic E-state index is 0.0597. The van der Waals surface area contributed by atoms with Gasteiger partial charge in [0.25, 0.3) is 5.91 Å². The van der Waals surface area contributed by atoms with E-state index in [9.17, 15) is 13.6 Å². The molecule has 0 aliphatic carbocycles. The highest BCUT2D eigenvalue weighted by Gasteiger charge is 2.07. The summed E-state index contributed by atoms with van der Waals surface area (Å²) in [4.78, 5) is 12.2. The Hall–Kier alpha value is -3.48. The number of benzene rings is 2. The number of halogens is 2. The topological polar surface area (TPSA) is 55.6 Å². The van der Waals surface area contributed by atoms with Crippen LogP contribution in [0.3, 0.4) is 0 Å². The number of hydrazone groups is 1. The predicted molar refractivity (Wildman–Crippen MR) is 103 cm³/mol. The Morgan fingerprint density at radius 3 is 2.18 bits per heavy atom. The second kappa shape index (κ2) is 8.47. The third-order valence-electron chi connectivity index (χ3n) is 4.14. The molecule has 0 aliphatic heterocycles. The fourth-order valence-corrected chi connectivity index (χ4v) is 2.80. The van der Waals surface area contributed by atoms with Crippen molar-refractivity contribution >= 4 is 12.1 Å². The van der Waals surface area contributed by atoms with E-state index in [0.717, 1.165) is 17.1 Å². The quantitative estimate of drug-likeness (QED) is 0.505. The lowest BCUT2D eigenvalue weighted by molar-refractivity contribution is -0.0498. The number of aromatic nitrogens is 1. The number of aryl methyl sites for hydroxylation is 2. The lowest BCUT2D eigenvalue weighted by Gasteiger charge is -2.10. The van der Waals surface area contributed by atoms with Gasteiger partial charge in [-0.15, -0.1) is 0 Å². The molecule has 0 bridgehead atoms. The molecule has 3 rings (SSSR count). The molecule has 0 saturated carbocycles. The zero-order chi connectivity index (χ0) is 20.1. The normalized spacial score (nSPS) is 11.2. The van der Waals surface area contributed by atoms with Crippen LogP contribution in [0.1, 0.15) is 27.3 Å². The van der Waals surface area contributed by atoms with Gasteiger partial charge in [-0.05, 0) is 80.1 Å². The predicted octanol–water partition coefficient (Wildman–Crippen LogP) is 4.46. The molecule has 0 radical (unpaired) electrons. The van der Waals surface area contributed by atoms with Crippen molar-refractivity contribution in [3.63, 3.8) is 0 Å². The van der Waals surface area contributed by atoms with Gasteiger partial charge in [0.2, 0.25) is 0 Å². The van der Waals surface area contributed by atoms with Gasteiger partial charge in [-0.25, -0.2) is 5.43 Å². The highest BCUT2D eigenvalue weighted by molar-refractivity contribution is 5.95. The maximum Gasteiger partial charge on any atom is 0.387 e. The molecule has 1 amide bonds. The van der Waals surface area contributed by atoms with Crippen molar-refractivity contribution in [2.45, 2.75) is 20.5 Å². The molecule has 1 N–H and O–H groups in total. The lowest BCUT2D eigenvalue weighted by Crippen LogP contribution is -2.17. The van der Waals surface area contributed by atoms with Gasteiger partial charge in [-0.2, -0.15) is 13.9 Å². The molecule has 0 fully saturated rings. The Kier molecular flexibility index (Phi) is 5.84. The number of carbonyl (C=O) groups is 1. The average Bonchev–Trinajstić information content (AvgIpc) is 3.01. The molecule has 0 atom stereocenters. The van der Waals surface area contributed by atoms with Gasteiger partial charge in [0.05, 0.1) is 6.21 Å². The number of rotatable bonds is 6. The molecule has 3 aromatic rings. The van der Waals surface area contributed by atoms with Crippen LogP contribution in [0.5, 0.6) is 5.75 Å². The first-order valence-electron chi connectivity index (χ1n) is 8.58. The van der Waals surface area contributed by atoms with Crippen molar-refractivity contribution in [3.05, 3.63) is 83.2 Å². The summed E-state index contributed by atoms with van der Waals surface area (Å²) in [5, 5.41) is 3.89. The van der Waals surface area contributed by atoms with E-state index in [0.29, 0.717) is 11.1 Å². The number of amides is 1. The molecule has 0 unspecified atom stereocenters. The van der Waals surface area contributed by atoms with Crippen molar-refractivity contribution in [2.75, 3.05) is 0 Å². The van der Waals surface area contributed by atoms with E-state index in [-0.39, 0.29) is 11.7 Å². The molecule has 5 nitrogen and oxygen atoms in total. The molecule has 1 aromatic heterocycles. The summed E-state index contributed by atoms with van der Waals surface area (Å²) < 4.78 is 30.6. The van der Waals surface area contributed by atoms with E-state index < -0.39 is 6.61 Å². The van der Waals surface area contributed by atoms with Crippen LogP contribution in [-0.2, 0) is 0 Å². The van der Waals surface area contributed by atoms with Gasteiger partial charge in [-0.1, -0.05) is 0 Å². The van der Waals surface area contributed by atoms with Crippen molar-refractivity contribution in [1.29, 1.82) is 0 Å². The van der Waals surface area contributed by atoms with Gasteiger partial charge < -0.3 is 9.30 Å². The zero-order valence-electron chi connectivity index (χ0n) is 15.4. The smallest absolute Gasteiger partial charge is 0.387 e. The maximum absolute atomic E-state index is 12.2. The number of alkyl halides is 2. The summed E-state index contributed by atoms with van der Waals surface area (Å²) in [5.74, 6) is -0.286. The van der Waals surface area contributed by atoms with Gasteiger partial charge in [0, 0.05) is 22.6 Å². The van der Waals surface area contributed by atoms with Crippen LogP contribution < -0.4 is 10.2 Å². The summed E-state index contributed by atoms with van der Waals surface area (Å²) in [7, 11) is 0. The average molecular weight is 383 g/mol. The summed E-state index contributed by atoms with van der Waals surface area (Å²) >= 11 is 0. The highest BCUT2D eigenvalue weighted by atomic mass is 19.3. The van der Waals surface area contributed by atoms with E-state index in [1.807, 2.05) is 38.1 Å². The Balaban J connectivity index is 1.61. The standard InChI is InChI=1S/C21H19F2N3O2/c1-14-3-4-15(2)26(14)18-9-7-17(8-10-18)20(27)25-24-13-16-5-11-19(12-6-16)28-21(22)23/h3-13,21H,1-2H3,(H,25,27). The molecular formula is C21H19F2N3O2. The van der Waals surface area contributed by atoms with E-state index in [1.54, 1.807) is 24.3 Å². The SMILES string of the molecule is Cc1ccc(C)n1-c1ccc(C(=O)NN=Cc2ccc(OC(F)F)cc2)cc1. The largest absolute Gasteiger partial charge is 0.435 e. The molecule has 28 heavy (non-hydrogen) atoms. The van der Waals surface area contributed by atoms with Gasteiger partial charge in [0.1, 0.15) is 5.75 Å². The number of carbonyl (C=O) groups excluding carboxylic acids is 1. The van der Waals surface area contributed by atoms with E-state index in [1.165, 1.54) is 18.3 Å². The third-order valence-corrected chi connectivity index (χ3v) is 4.14. The zero-order valence-corrected chi connectivity index (χ0v) is 15.4. The summed E-state index contributed by atoms with van der Waals surface area (Å²) in [6.07, 6.45) is 1.42. The van der Waals surface area contributed by atoms with Gasteiger partial charge >= 0.3 is 6.61 Å². The Morgan fingerprint density at radius 2 is 1.61 bits per heavy atom. The van der Waals surface area contributed by atoms with Crippen LogP contribution >= 0.6 is 0 Å². The van der Waals surface area contributed by atoms with Crippen LogP contribution in [0.2, 0.25) is 0 Å². The second-order valence-electron chi connectivity index (χ2n) is 6.15. The second-order valence-corrected chi connectivity index (χ2v) is 6.15. The molecule has 1 heterocycles. The first kappa shape index (κ1) is 19.3. The number of hydrogen-bond acceptors (Lipinski definition) is 3. The molecule has 0 aliphatic rings. The van der Waals surface area contributed by atoms with Crippen LogP contribution in [0.4, 0.5) is 8.78 Å². The van der Waals surface area contributed by atoms with E-state index in [4.69, 9.17) is 0 Å². The molecule has 0 spiro atoms. The summed E-state index contributed by atoms with van der Waals surface area (Å²) in [5.41, 5.74) is 6.76. The molecule has 7 heteroatoms. The van der Waals surface area contributed by atoms with Crippen LogP contribution in [0.25, 0.3) is 5.69 Å². The molecule has 2 aromatic carbocycles. The van der Waals surface area contributed by atoms with Gasteiger partial charge in [0.15, 0.2) is 0 Å². The number of nitrogens with one attached hydrogen (secondary N) is 1. The van der Waals surface area contributed by atoms with E-state index >= 15 is 0 Å². The van der Waals surface area contributed by atoms with Crippen LogP contribution in [0, 0.1) is 13.8 Å². The molecule has 144 valence electrons. The Bertz CT molecular complexity index is 958. The minimum Gasteiger partial charge on any atom is -0.435 e. The first-order valence-corrected chi connectivity index (χ1v) is 8.58. The lowest BCUT2D eigenvalue weighted by atomic mass is 10.2. The van der Waals surface area contributed by atoms with Crippen LogP contribution in [0.15, 0.2) is 65.8 Å². The first-order chi connectivity index (χ1) is 13.4. The number of ether oxygens (including phenoxy) is 1. The number of hydrogen-bond donors (Lipinski definition) is 1. The summed E-state index contributed by atoms with van der Waals surface area (Å²) in [6.45, 7) is 1.18. The maximum atomic E-state index is 12.2. The minimum atomic E-state index is -2.87. The molecular weight excluding hydrogens is 364 g/mol. The van der Waals surface area contributed by atoms with Crippen molar-refractivity contribution in [2.24, 2.45) is 5.10 Å².